The molecule has 1 fully saturated rings. The molecule has 0 N–H and O–H groups in total. The van der Waals surface area contributed by atoms with Gasteiger partial charge in [-0.1, -0.05) is 30.0 Å². The summed E-state index contributed by atoms with van der Waals surface area (Å²) in [6, 6.07) is 8.31. The number of fused-ring (bicyclic) bond motifs is 1. The van der Waals surface area contributed by atoms with Crippen molar-refractivity contribution in [1.29, 1.82) is 0 Å². The topological polar surface area (TPSA) is 46.1 Å². The SMILES string of the molecule is Cc1nc2ccccc2nc1SCC(=O)N(C1=CCCCC1)C1CC1. The van der Waals surface area contributed by atoms with Crippen LogP contribution in [-0.4, -0.2) is 32.6 Å². The molecule has 4 rings (SSSR count). The summed E-state index contributed by atoms with van der Waals surface area (Å²) in [5.74, 6) is 0.650. The molecule has 0 spiro atoms. The average molecular weight is 353 g/mol. The number of para-hydroxylation sites is 2. The number of carbonyl (C=O) groups is 1. The number of hydrogen-bond donors (Lipinski definition) is 0. The van der Waals surface area contributed by atoms with Gasteiger partial charge >= 0.3 is 0 Å². The molecule has 1 amide bonds. The molecular weight excluding hydrogens is 330 g/mol. The number of amides is 1. The van der Waals surface area contributed by atoms with E-state index in [-0.39, 0.29) is 5.91 Å². The summed E-state index contributed by atoms with van der Waals surface area (Å²) in [6.45, 7) is 1.97. The maximum atomic E-state index is 12.9. The summed E-state index contributed by atoms with van der Waals surface area (Å²) in [5.41, 5.74) is 3.94. The molecule has 0 aliphatic heterocycles. The van der Waals surface area contributed by atoms with Gasteiger partial charge in [0.05, 0.1) is 22.5 Å². The molecule has 0 atom stereocenters. The van der Waals surface area contributed by atoms with Gasteiger partial charge in [-0.25, -0.2) is 9.97 Å². The first-order valence-corrected chi connectivity index (χ1v) is 10.1. The number of allylic oxidation sites excluding steroid dienone is 2. The van der Waals surface area contributed by atoms with Crippen LogP contribution in [0.4, 0.5) is 0 Å². The molecule has 2 aromatic rings. The first-order valence-electron chi connectivity index (χ1n) is 9.09. The summed E-state index contributed by atoms with van der Waals surface area (Å²) in [6.07, 6.45) is 9.15. The number of hydrogen-bond acceptors (Lipinski definition) is 4. The van der Waals surface area contributed by atoms with E-state index < -0.39 is 0 Å². The van der Waals surface area contributed by atoms with Crippen molar-refractivity contribution in [2.75, 3.05) is 5.75 Å². The van der Waals surface area contributed by atoms with Crippen LogP contribution in [0.1, 0.15) is 44.2 Å². The third-order valence-corrected chi connectivity index (χ3v) is 5.84. The van der Waals surface area contributed by atoms with Crippen LogP contribution in [0.3, 0.4) is 0 Å². The van der Waals surface area contributed by atoms with Gasteiger partial charge in [-0.05, 0) is 57.6 Å². The standard InChI is InChI=1S/C20H23N3OS/c1-14-20(22-18-10-6-5-9-17(18)21-14)25-13-19(24)23(16-11-12-16)15-7-3-2-4-8-15/h5-7,9-10,16H,2-4,8,11-13H2,1H3. The molecule has 25 heavy (non-hydrogen) atoms. The highest BCUT2D eigenvalue weighted by atomic mass is 32.2. The Labute approximate surface area is 152 Å². The zero-order valence-electron chi connectivity index (χ0n) is 14.6. The highest BCUT2D eigenvalue weighted by molar-refractivity contribution is 7.99. The molecule has 0 saturated heterocycles. The van der Waals surface area contributed by atoms with Gasteiger partial charge in [-0.3, -0.25) is 4.79 Å². The van der Waals surface area contributed by atoms with Crippen molar-refractivity contribution in [2.24, 2.45) is 0 Å². The third-order valence-electron chi connectivity index (χ3n) is 4.79. The van der Waals surface area contributed by atoms with Gasteiger partial charge < -0.3 is 4.90 Å². The Kier molecular flexibility index (Phi) is 4.75. The molecule has 0 radical (unpaired) electrons. The number of benzene rings is 1. The second-order valence-corrected chi connectivity index (χ2v) is 7.79. The molecule has 0 unspecified atom stereocenters. The molecule has 1 heterocycles. The van der Waals surface area contributed by atoms with E-state index in [4.69, 9.17) is 4.98 Å². The first kappa shape index (κ1) is 16.6. The third kappa shape index (κ3) is 3.71. The minimum atomic E-state index is 0.218. The van der Waals surface area contributed by atoms with E-state index in [1.807, 2.05) is 31.2 Å². The van der Waals surface area contributed by atoms with E-state index in [1.54, 1.807) is 0 Å². The predicted octanol–water partition coefficient (Wildman–Crippen LogP) is 4.48. The predicted molar refractivity (Wildman–Crippen MR) is 101 cm³/mol. The summed E-state index contributed by atoms with van der Waals surface area (Å²) in [4.78, 5) is 24.3. The largest absolute Gasteiger partial charge is 0.313 e. The van der Waals surface area contributed by atoms with E-state index in [9.17, 15) is 4.79 Å². The van der Waals surface area contributed by atoms with Crippen molar-refractivity contribution >= 4 is 28.7 Å². The van der Waals surface area contributed by atoms with Crippen molar-refractivity contribution in [1.82, 2.24) is 14.9 Å². The number of aromatic nitrogens is 2. The van der Waals surface area contributed by atoms with Crippen molar-refractivity contribution in [3.63, 3.8) is 0 Å². The molecule has 1 saturated carbocycles. The van der Waals surface area contributed by atoms with Crippen molar-refractivity contribution in [3.05, 3.63) is 41.7 Å². The van der Waals surface area contributed by atoms with E-state index in [0.29, 0.717) is 11.8 Å². The van der Waals surface area contributed by atoms with Gasteiger partial charge in [0.1, 0.15) is 5.03 Å². The van der Waals surface area contributed by atoms with Crippen LogP contribution in [0.2, 0.25) is 0 Å². The second kappa shape index (κ2) is 7.16. The zero-order chi connectivity index (χ0) is 17.2. The Morgan fingerprint density at radius 1 is 1.20 bits per heavy atom. The number of thioether (sulfide) groups is 1. The number of rotatable bonds is 5. The quantitative estimate of drug-likeness (QED) is 0.744. The Balaban J connectivity index is 1.49. The van der Waals surface area contributed by atoms with Gasteiger partial charge in [0, 0.05) is 11.7 Å². The number of carbonyl (C=O) groups excluding carboxylic acids is 1. The summed E-state index contributed by atoms with van der Waals surface area (Å²) >= 11 is 1.52. The maximum Gasteiger partial charge on any atom is 0.237 e. The monoisotopic (exact) mass is 353 g/mol. The Morgan fingerprint density at radius 3 is 2.64 bits per heavy atom. The van der Waals surface area contributed by atoms with Gasteiger partial charge in [0.2, 0.25) is 5.91 Å². The summed E-state index contributed by atoms with van der Waals surface area (Å²) < 4.78 is 0. The fraction of sp³-hybridized carbons (Fsp3) is 0.450. The lowest BCUT2D eigenvalue weighted by molar-refractivity contribution is -0.127. The molecule has 130 valence electrons. The maximum absolute atomic E-state index is 12.9. The highest BCUT2D eigenvalue weighted by Crippen LogP contribution is 2.34. The van der Waals surface area contributed by atoms with Crippen LogP contribution >= 0.6 is 11.8 Å². The van der Waals surface area contributed by atoms with Crippen LogP contribution in [0.15, 0.2) is 41.1 Å². The van der Waals surface area contributed by atoms with Crippen LogP contribution < -0.4 is 0 Å². The normalized spacial score (nSPS) is 17.4. The van der Waals surface area contributed by atoms with Crippen molar-refractivity contribution in [2.45, 2.75) is 56.5 Å². The van der Waals surface area contributed by atoms with Gasteiger partial charge in [-0.2, -0.15) is 0 Å². The molecule has 1 aromatic carbocycles. The fourth-order valence-electron chi connectivity index (χ4n) is 3.38. The van der Waals surface area contributed by atoms with Gasteiger partial charge in [0.25, 0.3) is 0 Å². The minimum absolute atomic E-state index is 0.218. The van der Waals surface area contributed by atoms with Crippen molar-refractivity contribution < 1.29 is 4.79 Å². The van der Waals surface area contributed by atoms with E-state index >= 15 is 0 Å². The van der Waals surface area contributed by atoms with E-state index in [2.05, 4.69) is 16.0 Å². The highest BCUT2D eigenvalue weighted by Gasteiger charge is 2.34. The molecule has 2 aliphatic carbocycles. The first-order chi connectivity index (χ1) is 12.2. The van der Waals surface area contributed by atoms with Crippen LogP contribution in [0, 0.1) is 6.92 Å². The van der Waals surface area contributed by atoms with E-state index in [0.717, 1.165) is 47.4 Å². The molecule has 2 aliphatic rings. The van der Waals surface area contributed by atoms with Gasteiger partial charge in [-0.15, -0.1) is 0 Å². The Hall–Kier alpha value is -1.88. The fourth-order valence-corrected chi connectivity index (χ4v) is 4.20. The molecule has 4 nitrogen and oxygen atoms in total. The van der Waals surface area contributed by atoms with Crippen LogP contribution in [0.25, 0.3) is 11.0 Å². The average Bonchev–Trinajstić information content (AvgIpc) is 3.46. The Bertz CT molecular complexity index is 829. The lowest BCUT2D eigenvalue weighted by Gasteiger charge is -2.27. The molecule has 1 aromatic heterocycles. The van der Waals surface area contributed by atoms with E-state index in [1.165, 1.54) is 30.3 Å². The molecular formula is C20H23N3OS. The Morgan fingerprint density at radius 2 is 1.96 bits per heavy atom. The number of nitrogens with zero attached hydrogens (tertiary/aromatic N) is 3. The number of aryl methyl sites for hydroxylation is 1. The van der Waals surface area contributed by atoms with Gasteiger partial charge in [0.15, 0.2) is 0 Å². The molecule has 5 heteroatoms. The van der Waals surface area contributed by atoms with Crippen LogP contribution in [0.5, 0.6) is 0 Å². The summed E-state index contributed by atoms with van der Waals surface area (Å²) in [7, 11) is 0. The zero-order valence-corrected chi connectivity index (χ0v) is 15.4. The lowest BCUT2D eigenvalue weighted by atomic mass is 10.0. The van der Waals surface area contributed by atoms with Crippen molar-refractivity contribution in [3.8, 4) is 0 Å². The van der Waals surface area contributed by atoms with Crippen LogP contribution in [-0.2, 0) is 4.79 Å². The minimum Gasteiger partial charge on any atom is -0.313 e. The lowest BCUT2D eigenvalue weighted by Crippen LogP contribution is -2.34. The second-order valence-electron chi connectivity index (χ2n) is 6.83. The smallest absolute Gasteiger partial charge is 0.237 e. The molecule has 0 bridgehead atoms. The summed E-state index contributed by atoms with van der Waals surface area (Å²) in [5, 5.41) is 0.862.